The Balaban J connectivity index is 2.18. The highest BCUT2D eigenvalue weighted by molar-refractivity contribution is 6.28. The molecule has 0 saturated heterocycles. The molecule has 2 rings (SSSR count). The summed E-state index contributed by atoms with van der Waals surface area (Å²) in [6.45, 7) is 0.361. The first-order valence-electron chi connectivity index (χ1n) is 4.95. The molecule has 0 spiro atoms. The molecule has 2 heterocycles. The molecule has 0 unspecified atom stereocenters. The molecule has 0 atom stereocenters. The summed E-state index contributed by atoms with van der Waals surface area (Å²) in [7, 11) is 0. The second-order valence-electron chi connectivity index (χ2n) is 3.06. The smallest absolute Gasteiger partial charge is 0.322 e. The molecule has 0 amide bonds. The van der Waals surface area contributed by atoms with Crippen molar-refractivity contribution in [1.29, 1.82) is 0 Å². The van der Waals surface area contributed by atoms with Crippen molar-refractivity contribution in [1.82, 2.24) is 24.7 Å². The number of ether oxygens (including phenoxy) is 1. The summed E-state index contributed by atoms with van der Waals surface area (Å²) in [6, 6.07) is 1.85. The molecular weight excluding hydrogens is 246 g/mol. The van der Waals surface area contributed by atoms with Crippen LogP contribution in [0.5, 0.6) is 6.01 Å². The SMILES string of the molecule is OCCCOc1nc(Cl)nc(-n2cccn2)n1. The van der Waals surface area contributed by atoms with Gasteiger partial charge in [0.05, 0.1) is 6.61 Å². The maximum absolute atomic E-state index is 8.63. The molecule has 1 N–H and O–H groups in total. The molecule has 0 saturated carbocycles. The van der Waals surface area contributed by atoms with E-state index in [9.17, 15) is 0 Å². The number of aliphatic hydroxyl groups excluding tert-OH is 1. The molecule has 0 radical (unpaired) electrons. The van der Waals surface area contributed by atoms with Crippen LogP contribution in [0.25, 0.3) is 5.95 Å². The second-order valence-corrected chi connectivity index (χ2v) is 3.40. The first-order valence-corrected chi connectivity index (χ1v) is 5.32. The van der Waals surface area contributed by atoms with Crippen molar-refractivity contribution in [2.24, 2.45) is 0 Å². The van der Waals surface area contributed by atoms with Crippen LogP contribution in [0.1, 0.15) is 6.42 Å². The summed E-state index contributed by atoms with van der Waals surface area (Å²) in [6.07, 6.45) is 3.79. The number of aromatic nitrogens is 5. The van der Waals surface area contributed by atoms with Crippen molar-refractivity contribution in [3.63, 3.8) is 0 Å². The van der Waals surface area contributed by atoms with Gasteiger partial charge in [-0.05, 0) is 17.7 Å². The van der Waals surface area contributed by atoms with Gasteiger partial charge in [0, 0.05) is 25.4 Å². The van der Waals surface area contributed by atoms with Crippen LogP contribution in [0.4, 0.5) is 0 Å². The maximum atomic E-state index is 8.63. The molecular formula is C9H10ClN5O2. The Morgan fingerprint density at radius 3 is 2.94 bits per heavy atom. The Kier molecular flexibility index (Phi) is 3.84. The van der Waals surface area contributed by atoms with Gasteiger partial charge in [-0.1, -0.05) is 0 Å². The van der Waals surface area contributed by atoms with Gasteiger partial charge in [-0.15, -0.1) is 0 Å². The van der Waals surface area contributed by atoms with Gasteiger partial charge in [-0.25, -0.2) is 4.68 Å². The molecule has 0 aliphatic rings. The third-order valence-electron chi connectivity index (χ3n) is 1.82. The molecule has 2 aromatic heterocycles. The van der Waals surface area contributed by atoms with Crippen LogP contribution >= 0.6 is 11.6 Å². The van der Waals surface area contributed by atoms with Crippen LogP contribution in [-0.4, -0.2) is 43.1 Å². The molecule has 0 fully saturated rings. The zero-order chi connectivity index (χ0) is 12.1. The van der Waals surface area contributed by atoms with E-state index in [1.807, 2.05) is 0 Å². The fraction of sp³-hybridized carbons (Fsp3) is 0.333. The van der Waals surface area contributed by atoms with Gasteiger partial charge >= 0.3 is 6.01 Å². The van der Waals surface area contributed by atoms with Gasteiger partial charge in [0.15, 0.2) is 0 Å². The zero-order valence-electron chi connectivity index (χ0n) is 8.82. The van der Waals surface area contributed by atoms with Gasteiger partial charge in [0.2, 0.25) is 5.28 Å². The highest BCUT2D eigenvalue weighted by atomic mass is 35.5. The highest BCUT2D eigenvalue weighted by Crippen LogP contribution is 2.10. The third-order valence-corrected chi connectivity index (χ3v) is 1.99. The molecule has 0 bridgehead atoms. The van der Waals surface area contributed by atoms with Crippen LogP contribution in [-0.2, 0) is 0 Å². The first kappa shape index (κ1) is 11.7. The summed E-state index contributed by atoms with van der Waals surface area (Å²) in [5.41, 5.74) is 0. The van der Waals surface area contributed by atoms with Crippen molar-refractivity contribution in [2.75, 3.05) is 13.2 Å². The van der Waals surface area contributed by atoms with E-state index >= 15 is 0 Å². The van der Waals surface area contributed by atoms with Crippen LogP contribution < -0.4 is 4.74 Å². The van der Waals surface area contributed by atoms with E-state index < -0.39 is 0 Å². The van der Waals surface area contributed by atoms with Crippen LogP contribution in [0.2, 0.25) is 5.28 Å². The molecule has 8 heteroatoms. The number of hydrogen-bond acceptors (Lipinski definition) is 6. The maximum Gasteiger partial charge on any atom is 0.322 e. The zero-order valence-corrected chi connectivity index (χ0v) is 9.58. The Morgan fingerprint density at radius 1 is 1.35 bits per heavy atom. The average Bonchev–Trinajstić information content (AvgIpc) is 2.82. The number of halogens is 1. The summed E-state index contributed by atoms with van der Waals surface area (Å²) >= 11 is 5.75. The van der Waals surface area contributed by atoms with E-state index in [1.165, 1.54) is 4.68 Å². The fourth-order valence-electron chi connectivity index (χ4n) is 1.10. The standard InChI is InChI=1S/C9H10ClN5O2/c10-7-12-8(15-4-1-3-11-15)14-9(13-7)17-6-2-5-16/h1,3-4,16H,2,5-6H2. The van der Waals surface area contributed by atoms with Crippen LogP contribution in [0, 0.1) is 0 Å². The lowest BCUT2D eigenvalue weighted by Gasteiger charge is -2.05. The minimum absolute atomic E-state index is 0.0319. The fourth-order valence-corrected chi connectivity index (χ4v) is 1.25. The topological polar surface area (TPSA) is 86.0 Å². The van der Waals surface area contributed by atoms with E-state index in [1.54, 1.807) is 18.5 Å². The largest absolute Gasteiger partial charge is 0.463 e. The Labute approximate surface area is 102 Å². The molecule has 17 heavy (non-hydrogen) atoms. The molecule has 2 aromatic rings. The molecule has 7 nitrogen and oxygen atoms in total. The molecule has 90 valence electrons. The van der Waals surface area contributed by atoms with Gasteiger partial charge in [-0.2, -0.15) is 20.1 Å². The quantitative estimate of drug-likeness (QED) is 0.782. The summed E-state index contributed by atoms with van der Waals surface area (Å²) in [5.74, 6) is 0.286. The lowest BCUT2D eigenvalue weighted by Crippen LogP contribution is -2.08. The van der Waals surface area contributed by atoms with Crippen LogP contribution in [0.15, 0.2) is 18.5 Å². The van der Waals surface area contributed by atoms with E-state index in [0.717, 1.165) is 0 Å². The van der Waals surface area contributed by atoms with Crippen molar-refractivity contribution < 1.29 is 9.84 Å². The Bertz CT molecular complexity index is 476. The summed E-state index contributed by atoms with van der Waals surface area (Å²) in [4.78, 5) is 11.8. The van der Waals surface area contributed by atoms with Gasteiger partial charge in [0.25, 0.3) is 5.95 Å². The summed E-state index contributed by atoms with van der Waals surface area (Å²) < 4.78 is 6.67. The molecule has 0 aromatic carbocycles. The number of aliphatic hydroxyl groups is 1. The lowest BCUT2D eigenvalue weighted by molar-refractivity contribution is 0.223. The minimum Gasteiger partial charge on any atom is -0.463 e. The highest BCUT2D eigenvalue weighted by Gasteiger charge is 2.07. The van der Waals surface area contributed by atoms with E-state index in [4.69, 9.17) is 21.4 Å². The van der Waals surface area contributed by atoms with E-state index in [2.05, 4.69) is 20.1 Å². The number of nitrogens with zero attached hydrogens (tertiary/aromatic N) is 5. The Hall–Kier alpha value is -1.73. The van der Waals surface area contributed by atoms with Gasteiger partial charge in [0.1, 0.15) is 0 Å². The predicted molar refractivity (Wildman–Crippen MR) is 59.2 cm³/mol. The summed E-state index contributed by atoms with van der Waals surface area (Å²) in [5, 5.41) is 12.6. The van der Waals surface area contributed by atoms with Gasteiger partial charge in [-0.3, -0.25) is 0 Å². The molecule has 0 aliphatic carbocycles. The van der Waals surface area contributed by atoms with Crippen molar-refractivity contribution >= 4 is 11.6 Å². The third kappa shape index (κ3) is 3.11. The van der Waals surface area contributed by atoms with E-state index in [-0.39, 0.29) is 23.8 Å². The number of rotatable bonds is 5. The first-order chi connectivity index (χ1) is 8.29. The monoisotopic (exact) mass is 255 g/mol. The van der Waals surface area contributed by atoms with Crippen molar-refractivity contribution in [3.8, 4) is 12.0 Å². The number of hydrogen-bond donors (Lipinski definition) is 1. The predicted octanol–water partition coefficient (Wildman–Crippen LogP) is 0.472. The Morgan fingerprint density at radius 2 is 2.24 bits per heavy atom. The average molecular weight is 256 g/mol. The van der Waals surface area contributed by atoms with E-state index in [0.29, 0.717) is 13.0 Å². The van der Waals surface area contributed by atoms with Gasteiger partial charge < -0.3 is 9.84 Å². The van der Waals surface area contributed by atoms with Crippen molar-refractivity contribution in [2.45, 2.75) is 6.42 Å². The normalized spacial score (nSPS) is 10.5. The lowest BCUT2D eigenvalue weighted by atomic mass is 10.5. The van der Waals surface area contributed by atoms with Crippen LogP contribution in [0.3, 0.4) is 0 Å². The van der Waals surface area contributed by atoms with Crippen molar-refractivity contribution in [3.05, 3.63) is 23.7 Å². The minimum atomic E-state index is 0.0319. The second kappa shape index (κ2) is 5.55. The molecule has 0 aliphatic heterocycles.